The van der Waals surface area contributed by atoms with Crippen LogP contribution >= 0.6 is 0 Å². The van der Waals surface area contributed by atoms with Crippen LogP contribution in [0.5, 0.6) is 0 Å². The lowest BCUT2D eigenvalue weighted by Gasteiger charge is -2.18. The van der Waals surface area contributed by atoms with Crippen LogP contribution in [0.25, 0.3) is 0 Å². The van der Waals surface area contributed by atoms with Gasteiger partial charge in [-0.25, -0.2) is 13.2 Å². The molecule has 0 fully saturated rings. The molecular formula is C6H9F3. The third kappa shape index (κ3) is 1.73. The Morgan fingerprint density at radius 2 is 1.78 bits per heavy atom. The van der Waals surface area contributed by atoms with Gasteiger partial charge >= 0.3 is 0 Å². The van der Waals surface area contributed by atoms with E-state index >= 15 is 0 Å². The second kappa shape index (κ2) is 2.90. The van der Waals surface area contributed by atoms with Crippen molar-refractivity contribution in [3.8, 4) is 0 Å². The van der Waals surface area contributed by atoms with Gasteiger partial charge in [0.2, 0.25) is 0 Å². The van der Waals surface area contributed by atoms with E-state index in [1.165, 1.54) is 0 Å². The lowest BCUT2D eigenvalue weighted by atomic mass is 9.93. The van der Waals surface area contributed by atoms with Crippen molar-refractivity contribution in [2.45, 2.75) is 6.92 Å². The van der Waals surface area contributed by atoms with Gasteiger partial charge in [0.25, 0.3) is 0 Å². The molecule has 9 heavy (non-hydrogen) atoms. The zero-order valence-electron chi connectivity index (χ0n) is 5.26. The molecule has 0 unspecified atom stereocenters. The normalized spacial score (nSPS) is 11.6. The first-order valence-corrected chi connectivity index (χ1v) is 2.53. The Kier molecular flexibility index (Phi) is 2.74. The highest BCUT2D eigenvalue weighted by Crippen LogP contribution is 2.27. The second-order valence-electron chi connectivity index (χ2n) is 2.23. The molecular weight excluding hydrogens is 129 g/mol. The van der Waals surface area contributed by atoms with Crippen molar-refractivity contribution in [3.05, 3.63) is 12.4 Å². The van der Waals surface area contributed by atoms with Gasteiger partial charge in [0.1, 0.15) is 19.2 Å². The molecule has 54 valence electrons. The molecule has 0 spiro atoms. The lowest BCUT2D eigenvalue weighted by molar-refractivity contribution is 0.184. The predicted molar refractivity (Wildman–Crippen MR) is 30.3 cm³/mol. The minimum absolute atomic E-state index is 0.937. The molecule has 0 nitrogen and oxygen atoms in total. The maximum absolute atomic E-state index is 12.1. The number of allylic oxidation sites excluding steroid dienone is 1. The molecule has 0 saturated carbocycles. The van der Waals surface area contributed by atoms with E-state index < -0.39 is 24.6 Å². The molecule has 0 atom stereocenters. The van der Waals surface area contributed by atoms with E-state index in [-0.39, 0.29) is 0 Å². The summed E-state index contributed by atoms with van der Waals surface area (Å²) in [7, 11) is 0. The average Bonchev–Trinajstić information content (AvgIpc) is 1.86. The molecule has 0 heterocycles. The van der Waals surface area contributed by atoms with Crippen LogP contribution in [0.1, 0.15) is 6.92 Å². The van der Waals surface area contributed by atoms with Gasteiger partial charge in [-0.2, -0.15) is 0 Å². The number of halogens is 3. The largest absolute Gasteiger partial charge is 0.250 e. The van der Waals surface area contributed by atoms with Crippen molar-refractivity contribution in [1.82, 2.24) is 0 Å². The van der Waals surface area contributed by atoms with Crippen LogP contribution in [-0.4, -0.2) is 13.3 Å². The molecule has 0 aliphatic heterocycles. The standard InChI is InChI=1S/C6H9F3/c1-5(9)6(2,3-7)4-8/h1,3-4H2,2H3. The van der Waals surface area contributed by atoms with Crippen LogP contribution in [0, 0.1) is 5.41 Å². The molecule has 0 aliphatic rings. The summed E-state index contributed by atoms with van der Waals surface area (Å²) in [6.45, 7) is 1.88. The van der Waals surface area contributed by atoms with Crippen LogP contribution in [0.15, 0.2) is 12.4 Å². The van der Waals surface area contributed by atoms with E-state index in [2.05, 4.69) is 6.58 Å². The van der Waals surface area contributed by atoms with Gasteiger partial charge in [0.05, 0.1) is 5.41 Å². The van der Waals surface area contributed by atoms with Gasteiger partial charge in [-0.3, -0.25) is 0 Å². The number of rotatable bonds is 3. The molecule has 0 aliphatic carbocycles. The highest BCUT2D eigenvalue weighted by Gasteiger charge is 2.28. The fourth-order valence-corrected chi connectivity index (χ4v) is 0.181. The zero-order chi connectivity index (χ0) is 7.49. The van der Waals surface area contributed by atoms with Gasteiger partial charge in [-0.1, -0.05) is 6.58 Å². The Balaban J connectivity index is 4.09. The van der Waals surface area contributed by atoms with Crippen LogP contribution in [0.2, 0.25) is 0 Å². The smallest absolute Gasteiger partial charge is 0.104 e. The van der Waals surface area contributed by atoms with E-state index in [4.69, 9.17) is 0 Å². The minimum Gasteiger partial charge on any atom is -0.250 e. The number of hydrogen-bond donors (Lipinski definition) is 0. The predicted octanol–water partition coefficient (Wildman–Crippen LogP) is 2.41. The molecule has 0 radical (unpaired) electrons. The van der Waals surface area contributed by atoms with Crippen molar-refractivity contribution < 1.29 is 13.2 Å². The lowest BCUT2D eigenvalue weighted by Crippen LogP contribution is -2.21. The van der Waals surface area contributed by atoms with Crippen molar-refractivity contribution in [1.29, 1.82) is 0 Å². The number of alkyl halides is 2. The molecule has 0 saturated heterocycles. The summed E-state index contributed by atoms with van der Waals surface area (Å²) < 4.78 is 35.6. The summed E-state index contributed by atoms with van der Waals surface area (Å²) in [6.07, 6.45) is 0. The van der Waals surface area contributed by atoms with Crippen LogP contribution in [0.4, 0.5) is 13.2 Å². The average molecular weight is 138 g/mol. The van der Waals surface area contributed by atoms with E-state index in [0.29, 0.717) is 0 Å². The molecule has 0 aromatic carbocycles. The highest BCUT2D eigenvalue weighted by molar-refractivity contribution is 4.99. The Bertz CT molecular complexity index is 105. The molecule has 0 aromatic rings. The summed E-state index contributed by atoms with van der Waals surface area (Å²) in [6, 6.07) is 0. The van der Waals surface area contributed by atoms with E-state index in [0.717, 1.165) is 6.92 Å². The third-order valence-corrected chi connectivity index (χ3v) is 1.24. The quantitative estimate of drug-likeness (QED) is 0.561. The van der Waals surface area contributed by atoms with Gasteiger partial charge in [0.15, 0.2) is 0 Å². The molecule has 3 heteroatoms. The Morgan fingerprint density at radius 1 is 1.44 bits per heavy atom. The third-order valence-electron chi connectivity index (χ3n) is 1.24. The Labute approximate surface area is 52.4 Å². The van der Waals surface area contributed by atoms with Crippen LogP contribution < -0.4 is 0 Å². The zero-order valence-corrected chi connectivity index (χ0v) is 5.26. The van der Waals surface area contributed by atoms with Gasteiger partial charge in [-0.05, 0) is 6.92 Å². The maximum Gasteiger partial charge on any atom is 0.104 e. The van der Waals surface area contributed by atoms with E-state index in [1.807, 2.05) is 0 Å². The first-order chi connectivity index (χ1) is 4.06. The highest BCUT2D eigenvalue weighted by atomic mass is 19.2. The van der Waals surface area contributed by atoms with Crippen LogP contribution in [-0.2, 0) is 0 Å². The summed E-state index contributed by atoms with van der Waals surface area (Å²) >= 11 is 0. The minimum atomic E-state index is -1.61. The molecule has 0 bridgehead atoms. The maximum atomic E-state index is 12.1. The first kappa shape index (κ1) is 8.53. The van der Waals surface area contributed by atoms with E-state index in [9.17, 15) is 13.2 Å². The van der Waals surface area contributed by atoms with E-state index in [1.54, 1.807) is 0 Å². The van der Waals surface area contributed by atoms with Crippen molar-refractivity contribution in [2.75, 3.05) is 13.3 Å². The molecule has 0 N–H and O–H groups in total. The summed E-state index contributed by atoms with van der Waals surface area (Å²) in [5.74, 6) is -0.937. The van der Waals surface area contributed by atoms with Gasteiger partial charge < -0.3 is 0 Å². The first-order valence-electron chi connectivity index (χ1n) is 2.53. The van der Waals surface area contributed by atoms with Crippen molar-refractivity contribution in [2.24, 2.45) is 5.41 Å². The van der Waals surface area contributed by atoms with Gasteiger partial charge in [-0.15, -0.1) is 0 Å². The summed E-state index contributed by atoms with van der Waals surface area (Å²) in [5, 5.41) is 0. The van der Waals surface area contributed by atoms with Gasteiger partial charge in [0, 0.05) is 0 Å². The molecule has 0 rings (SSSR count). The molecule has 0 amide bonds. The monoisotopic (exact) mass is 138 g/mol. The SMILES string of the molecule is C=C(F)C(C)(CF)CF. The Hall–Kier alpha value is -0.470. The fraction of sp³-hybridized carbons (Fsp3) is 0.667. The Morgan fingerprint density at radius 3 is 1.78 bits per heavy atom. The number of hydrogen-bond acceptors (Lipinski definition) is 0. The second-order valence-corrected chi connectivity index (χ2v) is 2.23. The summed E-state index contributed by atoms with van der Waals surface area (Å²) in [4.78, 5) is 0. The molecule has 0 aromatic heterocycles. The van der Waals surface area contributed by atoms with Crippen LogP contribution in [0.3, 0.4) is 0 Å². The van der Waals surface area contributed by atoms with Crippen molar-refractivity contribution in [3.63, 3.8) is 0 Å². The van der Waals surface area contributed by atoms with Crippen molar-refractivity contribution >= 4 is 0 Å². The fourth-order valence-electron chi connectivity index (χ4n) is 0.181. The summed E-state index contributed by atoms with van der Waals surface area (Å²) in [5.41, 5.74) is -1.61. The topological polar surface area (TPSA) is 0 Å².